The van der Waals surface area contributed by atoms with Crippen molar-refractivity contribution < 1.29 is 9.59 Å². The van der Waals surface area contributed by atoms with E-state index in [1.807, 2.05) is 14.1 Å². The average Bonchev–Trinajstić information content (AvgIpc) is 2.27. The van der Waals surface area contributed by atoms with Gasteiger partial charge >= 0.3 is 0 Å². The van der Waals surface area contributed by atoms with E-state index in [9.17, 15) is 9.59 Å². The Bertz CT molecular complexity index is 221. The van der Waals surface area contributed by atoms with E-state index in [1.54, 1.807) is 0 Å². The summed E-state index contributed by atoms with van der Waals surface area (Å²) >= 11 is 0. The second-order valence-electron chi connectivity index (χ2n) is 3.33. The maximum Gasteiger partial charge on any atom is 0.243 e. The Balaban J connectivity index is 4.03. The quantitative estimate of drug-likeness (QED) is 0.379. The third-order valence-electron chi connectivity index (χ3n) is 1.76. The molecular weight excluding hydrogens is 246 g/mol. The number of amides is 2. The molecule has 0 unspecified atom stereocenters. The minimum Gasteiger partial charge on any atom is -0.358 e. The molecule has 0 aliphatic carbocycles. The molecule has 0 spiro atoms. The van der Waals surface area contributed by atoms with Gasteiger partial charge in [-0.25, -0.2) is 0 Å². The molecule has 0 aromatic carbocycles. The molecule has 7 heteroatoms. The molecule has 0 radical (unpaired) electrons. The second kappa shape index (κ2) is 8.72. The van der Waals surface area contributed by atoms with E-state index < -0.39 is 5.25 Å². The molecule has 0 aliphatic rings. The van der Waals surface area contributed by atoms with Crippen molar-refractivity contribution in [3.63, 3.8) is 0 Å². The number of hydrogen-bond acceptors (Lipinski definition) is 5. The Morgan fingerprint density at radius 1 is 1.19 bits per heavy atom. The smallest absolute Gasteiger partial charge is 0.243 e. The molecule has 0 fully saturated rings. The van der Waals surface area contributed by atoms with Gasteiger partial charge < -0.3 is 15.5 Å². The topological polar surface area (TPSA) is 61.4 Å². The standard InChI is InChI=1S/C9H19N3O2S2/c1-10-8(13)7(9(14)11-2)16-15-6-5-12(3)4/h7H,5-6H2,1-4H3,(H,10,13)(H,11,14). The molecule has 0 atom stereocenters. The van der Waals surface area contributed by atoms with Crippen LogP contribution in [0.25, 0.3) is 0 Å². The van der Waals surface area contributed by atoms with Crippen LogP contribution in [-0.2, 0) is 9.59 Å². The van der Waals surface area contributed by atoms with Gasteiger partial charge in [0.15, 0.2) is 5.25 Å². The SMILES string of the molecule is CNC(=O)C(SSCCN(C)C)C(=O)NC. The highest BCUT2D eigenvalue weighted by Gasteiger charge is 2.25. The monoisotopic (exact) mass is 265 g/mol. The molecule has 0 saturated heterocycles. The fourth-order valence-electron chi connectivity index (χ4n) is 0.805. The van der Waals surface area contributed by atoms with Crippen molar-refractivity contribution in [2.45, 2.75) is 5.25 Å². The van der Waals surface area contributed by atoms with Crippen molar-refractivity contribution >= 4 is 33.4 Å². The van der Waals surface area contributed by atoms with E-state index in [-0.39, 0.29) is 11.8 Å². The Morgan fingerprint density at radius 3 is 2.06 bits per heavy atom. The van der Waals surface area contributed by atoms with Crippen LogP contribution in [0.3, 0.4) is 0 Å². The van der Waals surface area contributed by atoms with Crippen LogP contribution >= 0.6 is 21.6 Å². The summed E-state index contributed by atoms with van der Waals surface area (Å²) in [5.74, 6) is 0.353. The van der Waals surface area contributed by atoms with Gasteiger partial charge in [-0.1, -0.05) is 21.6 Å². The molecule has 0 rings (SSSR count). The molecule has 94 valence electrons. The number of hydrogen-bond donors (Lipinski definition) is 2. The summed E-state index contributed by atoms with van der Waals surface area (Å²) in [5.41, 5.74) is 0. The largest absolute Gasteiger partial charge is 0.358 e. The third kappa shape index (κ3) is 6.24. The number of carbonyl (C=O) groups excluding carboxylic acids is 2. The van der Waals surface area contributed by atoms with Crippen LogP contribution in [0.2, 0.25) is 0 Å². The van der Waals surface area contributed by atoms with E-state index in [1.165, 1.54) is 35.7 Å². The summed E-state index contributed by atoms with van der Waals surface area (Å²) in [6.07, 6.45) is 0. The van der Waals surface area contributed by atoms with Crippen molar-refractivity contribution in [1.82, 2.24) is 15.5 Å². The summed E-state index contributed by atoms with van der Waals surface area (Å²) < 4.78 is 0. The van der Waals surface area contributed by atoms with Gasteiger partial charge in [-0.05, 0) is 14.1 Å². The Hall–Kier alpha value is -0.400. The van der Waals surface area contributed by atoms with Gasteiger partial charge in [0.2, 0.25) is 11.8 Å². The first-order chi connectivity index (χ1) is 7.52. The maximum atomic E-state index is 11.4. The minimum atomic E-state index is -0.679. The van der Waals surface area contributed by atoms with Gasteiger partial charge in [0.05, 0.1) is 0 Å². The zero-order valence-corrected chi connectivity index (χ0v) is 11.7. The molecule has 0 heterocycles. The summed E-state index contributed by atoms with van der Waals surface area (Å²) in [5, 5.41) is 4.29. The lowest BCUT2D eigenvalue weighted by Gasteiger charge is -2.13. The van der Waals surface area contributed by atoms with Gasteiger partial charge in [-0.15, -0.1) is 0 Å². The van der Waals surface area contributed by atoms with Crippen LogP contribution in [0, 0.1) is 0 Å². The molecule has 0 bridgehead atoms. The number of rotatable bonds is 7. The van der Waals surface area contributed by atoms with Crippen molar-refractivity contribution in [3.8, 4) is 0 Å². The van der Waals surface area contributed by atoms with E-state index >= 15 is 0 Å². The van der Waals surface area contributed by atoms with Gasteiger partial charge in [-0.2, -0.15) is 0 Å². The van der Waals surface area contributed by atoms with Crippen molar-refractivity contribution in [3.05, 3.63) is 0 Å². The van der Waals surface area contributed by atoms with Crippen LogP contribution in [0.15, 0.2) is 0 Å². The number of nitrogens with one attached hydrogen (secondary N) is 2. The highest BCUT2D eigenvalue weighted by atomic mass is 33.1. The minimum absolute atomic E-state index is 0.262. The van der Waals surface area contributed by atoms with Crippen LogP contribution in [0.5, 0.6) is 0 Å². The van der Waals surface area contributed by atoms with E-state index in [0.717, 1.165) is 12.3 Å². The molecule has 0 aromatic rings. The first-order valence-corrected chi connectivity index (χ1v) is 7.27. The zero-order valence-electron chi connectivity index (χ0n) is 10.1. The number of nitrogens with zero attached hydrogens (tertiary/aromatic N) is 1. The molecule has 16 heavy (non-hydrogen) atoms. The predicted octanol–water partition coefficient (Wildman–Crippen LogP) is -0.210. The highest BCUT2D eigenvalue weighted by Crippen LogP contribution is 2.26. The van der Waals surface area contributed by atoms with Crippen molar-refractivity contribution in [2.75, 3.05) is 40.5 Å². The van der Waals surface area contributed by atoms with E-state index in [0.29, 0.717) is 0 Å². The van der Waals surface area contributed by atoms with Crippen molar-refractivity contribution in [1.29, 1.82) is 0 Å². The Labute approximate surface area is 104 Å². The molecular formula is C9H19N3O2S2. The zero-order chi connectivity index (χ0) is 12.6. The first-order valence-electron chi connectivity index (χ1n) is 4.89. The van der Waals surface area contributed by atoms with Gasteiger partial charge in [0.25, 0.3) is 0 Å². The van der Waals surface area contributed by atoms with Crippen LogP contribution in [0.1, 0.15) is 0 Å². The predicted molar refractivity (Wildman–Crippen MR) is 70.5 cm³/mol. The second-order valence-corrected chi connectivity index (χ2v) is 5.92. The average molecular weight is 265 g/mol. The fraction of sp³-hybridized carbons (Fsp3) is 0.778. The summed E-state index contributed by atoms with van der Waals surface area (Å²) in [7, 11) is 9.86. The lowest BCUT2D eigenvalue weighted by Crippen LogP contribution is -2.40. The normalized spacial score (nSPS) is 10.6. The van der Waals surface area contributed by atoms with Crippen LogP contribution in [-0.4, -0.2) is 62.5 Å². The lowest BCUT2D eigenvalue weighted by molar-refractivity contribution is -0.127. The van der Waals surface area contributed by atoms with Crippen LogP contribution < -0.4 is 10.6 Å². The van der Waals surface area contributed by atoms with E-state index in [4.69, 9.17) is 0 Å². The Morgan fingerprint density at radius 2 is 1.69 bits per heavy atom. The molecule has 0 saturated carbocycles. The molecule has 0 aromatic heterocycles. The van der Waals surface area contributed by atoms with Gasteiger partial charge in [-0.3, -0.25) is 9.59 Å². The van der Waals surface area contributed by atoms with Crippen molar-refractivity contribution in [2.24, 2.45) is 0 Å². The number of carbonyl (C=O) groups is 2. The fourth-order valence-corrected chi connectivity index (χ4v) is 3.33. The molecule has 2 N–H and O–H groups in total. The van der Waals surface area contributed by atoms with E-state index in [2.05, 4.69) is 15.5 Å². The van der Waals surface area contributed by atoms with Gasteiger partial charge in [0.1, 0.15) is 0 Å². The Kier molecular flexibility index (Phi) is 8.50. The summed E-state index contributed by atoms with van der Waals surface area (Å²) in [4.78, 5) is 24.9. The molecule has 5 nitrogen and oxygen atoms in total. The summed E-state index contributed by atoms with van der Waals surface area (Å²) in [6.45, 7) is 0.922. The summed E-state index contributed by atoms with van der Waals surface area (Å²) in [6, 6.07) is 0. The first kappa shape index (κ1) is 15.6. The molecule has 0 aliphatic heterocycles. The van der Waals surface area contributed by atoms with Crippen LogP contribution in [0.4, 0.5) is 0 Å². The highest BCUT2D eigenvalue weighted by molar-refractivity contribution is 8.77. The lowest BCUT2D eigenvalue weighted by atomic mass is 10.4. The van der Waals surface area contributed by atoms with Gasteiger partial charge in [0, 0.05) is 26.4 Å². The third-order valence-corrected chi connectivity index (χ3v) is 4.35. The molecule has 2 amide bonds. The maximum absolute atomic E-state index is 11.4.